The van der Waals surface area contributed by atoms with Crippen LogP contribution >= 0.6 is 0 Å². The second kappa shape index (κ2) is 9.52. The number of hydrogen-bond donors (Lipinski definition) is 7. The van der Waals surface area contributed by atoms with Crippen LogP contribution < -0.4 is 11.1 Å². The molecule has 2 rings (SSSR count). The number of hydrogen-bond acceptors (Lipinski definition) is 11. The molecule has 2 aliphatic heterocycles. The zero-order chi connectivity index (χ0) is 20.3. The number of methoxy groups -OCH3 is 1. The van der Waals surface area contributed by atoms with E-state index in [1.807, 2.05) is 0 Å². The molecule has 0 radical (unpaired) electrons. The van der Waals surface area contributed by atoms with Crippen molar-refractivity contribution in [2.45, 2.75) is 68.2 Å². The molecular weight excluding hydrogens is 368 g/mol. The van der Waals surface area contributed by atoms with E-state index in [2.05, 4.69) is 5.32 Å². The van der Waals surface area contributed by atoms with Crippen molar-refractivity contribution in [1.29, 1.82) is 0 Å². The quantitative estimate of drug-likeness (QED) is 0.228. The van der Waals surface area contributed by atoms with E-state index < -0.39 is 80.4 Å². The van der Waals surface area contributed by atoms with Crippen LogP contribution in [-0.4, -0.2) is 113 Å². The third kappa shape index (κ3) is 4.74. The molecule has 10 atom stereocenters. The van der Waals surface area contributed by atoms with Crippen molar-refractivity contribution in [2.24, 2.45) is 5.73 Å². The maximum absolute atomic E-state index is 11.5. The molecule has 2 aliphatic rings. The second-order valence-corrected chi connectivity index (χ2v) is 6.56. The number of rotatable bonds is 6. The summed E-state index contributed by atoms with van der Waals surface area (Å²) >= 11 is 0. The molecule has 27 heavy (non-hydrogen) atoms. The predicted octanol–water partition coefficient (Wildman–Crippen LogP) is -4.63. The zero-order valence-electron chi connectivity index (χ0n) is 15.0. The van der Waals surface area contributed by atoms with Crippen molar-refractivity contribution in [3.8, 4) is 0 Å². The Labute approximate surface area is 155 Å². The van der Waals surface area contributed by atoms with Crippen molar-refractivity contribution in [3.63, 3.8) is 0 Å². The number of carbonyl (C=O) groups excluding carboxylic acids is 1. The normalized spacial score (nSPS) is 45.5. The van der Waals surface area contributed by atoms with Crippen molar-refractivity contribution in [2.75, 3.05) is 20.3 Å². The van der Waals surface area contributed by atoms with Gasteiger partial charge in [0.05, 0.1) is 19.3 Å². The van der Waals surface area contributed by atoms with E-state index in [0.29, 0.717) is 0 Å². The van der Waals surface area contributed by atoms with Crippen LogP contribution in [0.5, 0.6) is 0 Å². The van der Waals surface area contributed by atoms with Crippen LogP contribution in [0, 0.1) is 0 Å². The second-order valence-electron chi connectivity index (χ2n) is 6.56. The van der Waals surface area contributed by atoms with E-state index in [9.17, 15) is 30.3 Å². The fourth-order valence-corrected chi connectivity index (χ4v) is 3.29. The summed E-state index contributed by atoms with van der Waals surface area (Å²) in [5.74, 6) is -0.486. The first-order chi connectivity index (χ1) is 12.7. The highest BCUT2D eigenvalue weighted by molar-refractivity contribution is 5.73. The van der Waals surface area contributed by atoms with Crippen LogP contribution in [0.2, 0.25) is 0 Å². The van der Waals surface area contributed by atoms with Crippen molar-refractivity contribution >= 4 is 5.91 Å². The van der Waals surface area contributed by atoms with Crippen molar-refractivity contribution < 1.29 is 49.3 Å². The standard InChI is InChI=1S/C15H28N2O10/c1-5(20)17-9-11(22)12(24-2)6(3-18)26-15(9)27-13-7(4-19)25-14(23)8(16)10(13)21/h6-15,18-19,21-23H,3-4,16H2,1-2H3,(H,17,20)/t6?,7-,8?,9?,10?,11+,12+,13+,14+,15-/m0/s1. The highest BCUT2D eigenvalue weighted by Crippen LogP contribution is 2.29. The molecule has 0 spiro atoms. The minimum absolute atomic E-state index is 0.486. The van der Waals surface area contributed by atoms with Crippen molar-refractivity contribution in [1.82, 2.24) is 5.32 Å². The number of carbonyl (C=O) groups is 1. The molecule has 158 valence electrons. The minimum atomic E-state index is -1.51. The number of ether oxygens (including phenoxy) is 4. The highest BCUT2D eigenvalue weighted by Gasteiger charge is 2.50. The smallest absolute Gasteiger partial charge is 0.217 e. The molecule has 2 saturated heterocycles. The molecule has 0 saturated carbocycles. The van der Waals surface area contributed by atoms with Gasteiger partial charge in [0.2, 0.25) is 5.91 Å². The number of aliphatic hydroxyl groups is 5. The Morgan fingerprint density at radius 3 is 2.19 bits per heavy atom. The van der Waals surface area contributed by atoms with Crippen LogP contribution in [0.25, 0.3) is 0 Å². The van der Waals surface area contributed by atoms with Gasteiger partial charge in [0.25, 0.3) is 0 Å². The SMILES string of the molecule is CO[C@@H]1C(CO)O[C@@H](O[C@H]2C(O)C(N)[C@H](O)O[C@H]2CO)C(NC(C)=O)[C@H]1O. The van der Waals surface area contributed by atoms with Crippen molar-refractivity contribution in [3.05, 3.63) is 0 Å². The molecule has 0 aliphatic carbocycles. The Balaban J connectivity index is 2.24. The molecule has 2 fully saturated rings. The molecular formula is C15H28N2O10. The van der Waals surface area contributed by atoms with Gasteiger partial charge in [-0.25, -0.2) is 0 Å². The predicted molar refractivity (Wildman–Crippen MR) is 87.0 cm³/mol. The van der Waals surface area contributed by atoms with Gasteiger partial charge in [-0.2, -0.15) is 0 Å². The van der Waals surface area contributed by atoms with Gasteiger partial charge >= 0.3 is 0 Å². The van der Waals surface area contributed by atoms with E-state index in [4.69, 9.17) is 24.7 Å². The summed E-state index contributed by atoms with van der Waals surface area (Å²) in [6.07, 6.45) is -9.87. The third-order valence-electron chi connectivity index (χ3n) is 4.71. The Morgan fingerprint density at radius 2 is 1.67 bits per heavy atom. The van der Waals surface area contributed by atoms with Gasteiger partial charge in [-0.05, 0) is 0 Å². The molecule has 0 aromatic heterocycles. The molecule has 0 aromatic rings. The van der Waals surface area contributed by atoms with Gasteiger partial charge in [-0.3, -0.25) is 4.79 Å². The van der Waals surface area contributed by atoms with Gasteiger partial charge in [0.15, 0.2) is 12.6 Å². The minimum Gasteiger partial charge on any atom is -0.394 e. The van der Waals surface area contributed by atoms with Crippen LogP contribution in [-0.2, 0) is 23.7 Å². The highest BCUT2D eigenvalue weighted by atomic mass is 16.7. The van der Waals surface area contributed by atoms with E-state index in [-0.39, 0.29) is 0 Å². The molecule has 12 nitrogen and oxygen atoms in total. The Bertz CT molecular complexity index is 495. The van der Waals surface area contributed by atoms with Crippen LogP contribution in [0.15, 0.2) is 0 Å². The van der Waals surface area contributed by atoms with E-state index in [1.54, 1.807) is 0 Å². The molecule has 12 heteroatoms. The van der Waals surface area contributed by atoms with Crippen LogP contribution in [0.1, 0.15) is 6.92 Å². The largest absolute Gasteiger partial charge is 0.394 e. The fraction of sp³-hybridized carbons (Fsp3) is 0.933. The molecule has 0 aromatic carbocycles. The van der Waals surface area contributed by atoms with Gasteiger partial charge < -0.3 is 55.5 Å². The lowest BCUT2D eigenvalue weighted by molar-refractivity contribution is -0.327. The summed E-state index contributed by atoms with van der Waals surface area (Å²) in [7, 11) is 1.31. The lowest BCUT2D eigenvalue weighted by Gasteiger charge is -2.47. The topological polar surface area (TPSA) is 193 Å². The van der Waals surface area contributed by atoms with Crippen LogP contribution in [0.3, 0.4) is 0 Å². The van der Waals surface area contributed by atoms with Gasteiger partial charge in [0.1, 0.15) is 42.7 Å². The Kier molecular flexibility index (Phi) is 7.88. The summed E-state index contributed by atoms with van der Waals surface area (Å²) in [6, 6.07) is -2.32. The molecule has 8 N–H and O–H groups in total. The average molecular weight is 396 g/mol. The zero-order valence-corrected chi connectivity index (χ0v) is 15.0. The maximum Gasteiger partial charge on any atom is 0.217 e. The first-order valence-electron chi connectivity index (χ1n) is 8.52. The molecule has 1 amide bonds. The van der Waals surface area contributed by atoms with Gasteiger partial charge in [-0.1, -0.05) is 0 Å². The fourth-order valence-electron chi connectivity index (χ4n) is 3.29. The summed E-state index contributed by atoms with van der Waals surface area (Å²) < 4.78 is 21.6. The van der Waals surface area contributed by atoms with E-state index in [0.717, 1.165) is 0 Å². The van der Waals surface area contributed by atoms with E-state index >= 15 is 0 Å². The number of aliphatic hydroxyl groups excluding tert-OH is 5. The third-order valence-corrected chi connectivity index (χ3v) is 4.71. The molecule has 2 heterocycles. The molecule has 4 unspecified atom stereocenters. The number of nitrogens with two attached hydrogens (primary N) is 1. The number of amides is 1. The summed E-state index contributed by atoms with van der Waals surface area (Å²) in [6.45, 7) is 0.119. The summed E-state index contributed by atoms with van der Waals surface area (Å²) in [5, 5.41) is 52.0. The van der Waals surface area contributed by atoms with Gasteiger partial charge in [-0.15, -0.1) is 0 Å². The van der Waals surface area contributed by atoms with Gasteiger partial charge in [0, 0.05) is 14.0 Å². The summed E-state index contributed by atoms with van der Waals surface area (Å²) in [5.41, 5.74) is 5.67. The summed E-state index contributed by atoms with van der Waals surface area (Å²) in [4.78, 5) is 11.5. The monoisotopic (exact) mass is 396 g/mol. The Morgan fingerprint density at radius 1 is 1.07 bits per heavy atom. The molecule has 0 bridgehead atoms. The van der Waals surface area contributed by atoms with Crippen LogP contribution in [0.4, 0.5) is 0 Å². The maximum atomic E-state index is 11.5. The first-order valence-corrected chi connectivity index (χ1v) is 8.52. The number of nitrogens with one attached hydrogen (secondary N) is 1. The van der Waals surface area contributed by atoms with E-state index in [1.165, 1.54) is 14.0 Å². The first kappa shape index (κ1) is 22.4. The average Bonchev–Trinajstić information content (AvgIpc) is 2.63. The Hall–Kier alpha value is -0.930. The lowest BCUT2D eigenvalue weighted by Crippen LogP contribution is -2.68. The lowest BCUT2D eigenvalue weighted by atomic mass is 9.95.